The molecule has 3 fully saturated rings. The molecule has 0 radical (unpaired) electrons. The average Bonchev–Trinajstić information content (AvgIpc) is 2.97. The summed E-state index contributed by atoms with van der Waals surface area (Å²) in [4.78, 5) is 4.87. The molecule has 1 aliphatic carbocycles. The third-order valence-electron chi connectivity index (χ3n) is 4.53. The van der Waals surface area contributed by atoms with E-state index in [1.807, 2.05) is 11.8 Å². The van der Waals surface area contributed by atoms with Gasteiger partial charge < -0.3 is 5.32 Å². The van der Waals surface area contributed by atoms with E-state index in [-0.39, 0.29) is 0 Å². The molecular formula is C14H24N2S2. The zero-order valence-corrected chi connectivity index (χ0v) is 13.0. The summed E-state index contributed by atoms with van der Waals surface area (Å²) < 4.78 is 0.414. The molecule has 1 unspecified atom stereocenters. The SMILES string of the molecule is CC1(CN=C2NC3(CCCCC3)CS2)CCCS1. The number of nitrogens with one attached hydrogen (secondary N) is 1. The molecule has 3 aliphatic rings. The number of rotatable bonds is 2. The van der Waals surface area contributed by atoms with Gasteiger partial charge in [0.15, 0.2) is 5.17 Å². The summed E-state index contributed by atoms with van der Waals surface area (Å²) in [6.45, 7) is 3.38. The zero-order chi connectivity index (χ0) is 12.5. The van der Waals surface area contributed by atoms with Gasteiger partial charge in [-0.25, -0.2) is 0 Å². The molecule has 2 nitrogen and oxygen atoms in total. The van der Waals surface area contributed by atoms with Gasteiger partial charge in [-0.3, -0.25) is 4.99 Å². The van der Waals surface area contributed by atoms with Crippen molar-refractivity contribution in [3.8, 4) is 0 Å². The van der Waals surface area contributed by atoms with Gasteiger partial charge in [0.25, 0.3) is 0 Å². The normalized spacial score (nSPS) is 37.3. The van der Waals surface area contributed by atoms with E-state index in [1.54, 1.807) is 0 Å². The van der Waals surface area contributed by atoms with Crippen LogP contribution in [0.15, 0.2) is 4.99 Å². The van der Waals surface area contributed by atoms with Gasteiger partial charge in [0.05, 0.1) is 6.54 Å². The van der Waals surface area contributed by atoms with E-state index in [0.717, 1.165) is 6.54 Å². The van der Waals surface area contributed by atoms with Crippen LogP contribution in [0.2, 0.25) is 0 Å². The molecule has 102 valence electrons. The summed E-state index contributed by atoms with van der Waals surface area (Å²) in [5.41, 5.74) is 0.408. The van der Waals surface area contributed by atoms with Crippen molar-refractivity contribution in [3.63, 3.8) is 0 Å². The Balaban J connectivity index is 1.57. The summed E-state index contributed by atoms with van der Waals surface area (Å²) >= 11 is 4.07. The Morgan fingerprint density at radius 2 is 2.00 bits per heavy atom. The largest absolute Gasteiger partial charge is 0.359 e. The topological polar surface area (TPSA) is 24.4 Å². The molecule has 0 aromatic carbocycles. The van der Waals surface area contributed by atoms with E-state index >= 15 is 0 Å². The fourth-order valence-electron chi connectivity index (χ4n) is 3.29. The first-order valence-electron chi connectivity index (χ1n) is 7.29. The molecule has 1 atom stereocenters. The molecule has 0 aromatic heterocycles. The van der Waals surface area contributed by atoms with Crippen LogP contribution < -0.4 is 5.32 Å². The maximum Gasteiger partial charge on any atom is 0.157 e. The highest BCUT2D eigenvalue weighted by molar-refractivity contribution is 8.14. The van der Waals surface area contributed by atoms with E-state index in [1.165, 1.54) is 61.6 Å². The minimum absolute atomic E-state index is 0.408. The second-order valence-corrected chi connectivity index (χ2v) is 8.92. The molecule has 1 saturated carbocycles. The smallest absolute Gasteiger partial charge is 0.157 e. The molecule has 4 heteroatoms. The maximum atomic E-state index is 4.87. The van der Waals surface area contributed by atoms with E-state index in [9.17, 15) is 0 Å². The van der Waals surface area contributed by atoms with Crippen LogP contribution >= 0.6 is 23.5 Å². The summed E-state index contributed by atoms with van der Waals surface area (Å²) in [7, 11) is 0. The summed E-state index contributed by atoms with van der Waals surface area (Å²) in [6, 6.07) is 0. The number of thioether (sulfide) groups is 2. The standard InChI is InChI=1S/C14H24N2S2/c1-13(6-5-9-18-13)10-15-12-16-14(11-17-12)7-3-2-4-8-14/h2-11H2,1H3,(H,15,16). The van der Waals surface area contributed by atoms with Crippen LogP contribution in [-0.4, -0.2) is 33.5 Å². The molecule has 1 N–H and O–H groups in total. The molecule has 0 aromatic rings. The second kappa shape index (κ2) is 5.28. The van der Waals surface area contributed by atoms with Crippen LogP contribution in [0.4, 0.5) is 0 Å². The van der Waals surface area contributed by atoms with Crippen molar-refractivity contribution in [1.82, 2.24) is 5.32 Å². The van der Waals surface area contributed by atoms with Crippen molar-refractivity contribution in [1.29, 1.82) is 0 Å². The molecule has 3 rings (SSSR count). The Labute approximate surface area is 119 Å². The average molecular weight is 284 g/mol. The third kappa shape index (κ3) is 2.84. The number of hydrogen-bond acceptors (Lipinski definition) is 3. The Hall–Kier alpha value is 0.170. The molecule has 2 heterocycles. The quantitative estimate of drug-likeness (QED) is 0.837. The van der Waals surface area contributed by atoms with Crippen molar-refractivity contribution >= 4 is 28.7 Å². The summed E-state index contributed by atoms with van der Waals surface area (Å²) in [5.74, 6) is 2.57. The highest BCUT2D eigenvalue weighted by atomic mass is 32.2. The van der Waals surface area contributed by atoms with Crippen molar-refractivity contribution in [2.45, 2.75) is 62.2 Å². The molecule has 18 heavy (non-hydrogen) atoms. The molecule has 1 spiro atoms. The minimum atomic E-state index is 0.408. The van der Waals surface area contributed by atoms with Crippen LogP contribution in [0, 0.1) is 0 Å². The van der Waals surface area contributed by atoms with Gasteiger partial charge in [0.1, 0.15) is 0 Å². The van der Waals surface area contributed by atoms with Crippen LogP contribution in [0.5, 0.6) is 0 Å². The third-order valence-corrected chi connectivity index (χ3v) is 7.25. The summed E-state index contributed by atoms with van der Waals surface area (Å²) in [5, 5.41) is 4.98. The number of nitrogens with zero attached hydrogens (tertiary/aromatic N) is 1. The lowest BCUT2D eigenvalue weighted by Crippen LogP contribution is -2.45. The van der Waals surface area contributed by atoms with Crippen LogP contribution in [0.1, 0.15) is 51.9 Å². The number of aliphatic imine (C=N–C) groups is 1. The molecular weight excluding hydrogens is 260 g/mol. The van der Waals surface area contributed by atoms with E-state index in [2.05, 4.69) is 24.0 Å². The molecule has 0 amide bonds. The van der Waals surface area contributed by atoms with Gasteiger partial charge in [-0.1, -0.05) is 31.0 Å². The van der Waals surface area contributed by atoms with Crippen LogP contribution in [0.3, 0.4) is 0 Å². The summed E-state index contributed by atoms with van der Waals surface area (Å²) in [6.07, 6.45) is 9.63. The number of amidine groups is 1. The number of hydrogen-bond donors (Lipinski definition) is 1. The predicted molar refractivity (Wildman–Crippen MR) is 83.8 cm³/mol. The fourth-order valence-corrected chi connectivity index (χ4v) is 5.73. The highest BCUT2D eigenvalue weighted by Gasteiger charge is 2.38. The van der Waals surface area contributed by atoms with Gasteiger partial charge in [0, 0.05) is 16.0 Å². The molecule has 2 saturated heterocycles. The minimum Gasteiger partial charge on any atom is -0.359 e. The second-order valence-electron chi connectivity index (χ2n) is 6.28. The van der Waals surface area contributed by atoms with Gasteiger partial charge in [-0.15, -0.1) is 0 Å². The van der Waals surface area contributed by atoms with Crippen LogP contribution in [-0.2, 0) is 0 Å². The van der Waals surface area contributed by atoms with Gasteiger partial charge in [-0.2, -0.15) is 11.8 Å². The van der Waals surface area contributed by atoms with Gasteiger partial charge in [-0.05, 0) is 38.4 Å². The first-order valence-corrected chi connectivity index (χ1v) is 9.26. The van der Waals surface area contributed by atoms with Crippen molar-refractivity contribution in [2.24, 2.45) is 4.99 Å². The predicted octanol–water partition coefficient (Wildman–Crippen LogP) is 3.67. The lowest BCUT2D eigenvalue weighted by molar-refractivity contribution is 0.303. The Morgan fingerprint density at radius 3 is 2.72 bits per heavy atom. The fraction of sp³-hybridized carbons (Fsp3) is 0.929. The van der Waals surface area contributed by atoms with Crippen molar-refractivity contribution < 1.29 is 0 Å². The monoisotopic (exact) mass is 284 g/mol. The van der Waals surface area contributed by atoms with Crippen molar-refractivity contribution in [2.75, 3.05) is 18.1 Å². The first kappa shape index (κ1) is 13.2. The maximum absolute atomic E-state index is 4.87. The lowest BCUT2D eigenvalue weighted by atomic mass is 9.83. The Kier molecular flexibility index (Phi) is 3.86. The first-order chi connectivity index (χ1) is 8.70. The van der Waals surface area contributed by atoms with Crippen molar-refractivity contribution in [3.05, 3.63) is 0 Å². The van der Waals surface area contributed by atoms with E-state index in [0.29, 0.717) is 10.3 Å². The zero-order valence-electron chi connectivity index (χ0n) is 11.3. The van der Waals surface area contributed by atoms with Gasteiger partial charge >= 0.3 is 0 Å². The van der Waals surface area contributed by atoms with E-state index in [4.69, 9.17) is 4.99 Å². The molecule has 2 aliphatic heterocycles. The highest BCUT2D eigenvalue weighted by Crippen LogP contribution is 2.39. The van der Waals surface area contributed by atoms with Gasteiger partial charge in [0.2, 0.25) is 0 Å². The van der Waals surface area contributed by atoms with E-state index < -0.39 is 0 Å². The Morgan fingerprint density at radius 1 is 1.17 bits per heavy atom. The lowest BCUT2D eigenvalue weighted by Gasteiger charge is -2.32. The van der Waals surface area contributed by atoms with Crippen LogP contribution in [0.25, 0.3) is 0 Å². The Bertz CT molecular complexity index is 329. The molecule has 0 bridgehead atoms.